The number of aromatic nitrogens is 2. The van der Waals surface area contributed by atoms with Crippen molar-refractivity contribution < 1.29 is 8.98 Å². The molecule has 0 atom stereocenters. The molecule has 0 aliphatic heterocycles. The molecule has 16 heavy (non-hydrogen) atoms. The van der Waals surface area contributed by atoms with Crippen LogP contribution in [0, 0.1) is 0 Å². The van der Waals surface area contributed by atoms with Gasteiger partial charge in [0.05, 0.1) is 11.0 Å². The van der Waals surface area contributed by atoms with Gasteiger partial charge in [-0.25, -0.2) is 4.98 Å². The summed E-state index contributed by atoms with van der Waals surface area (Å²) < 4.78 is 4.27. The highest BCUT2D eigenvalue weighted by Crippen LogP contribution is 2.12. The molecule has 0 spiro atoms. The standard InChI is InChI=1S/C11H12N2O2S/c14-11(15-16)7-3-6-10-12-8-4-1-2-5-9(8)13-10/h1-2,4-5,16H,3,6-7H2,(H,12,13). The SMILES string of the molecule is O=C(CCCc1nc2ccccc2[nH]1)OS. The average molecular weight is 236 g/mol. The van der Waals surface area contributed by atoms with E-state index >= 15 is 0 Å². The van der Waals surface area contributed by atoms with E-state index in [0.29, 0.717) is 12.8 Å². The molecule has 0 fully saturated rings. The molecule has 1 heterocycles. The van der Waals surface area contributed by atoms with Crippen molar-refractivity contribution in [1.29, 1.82) is 0 Å². The highest BCUT2D eigenvalue weighted by molar-refractivity contribution is 7.75. The number of H-pyrrole nitrogens is 1. The van der Waals surface area contributed by atoms with Crippen LogP contribution < -0.4 is 0 Å². The fraction of sp³-hybridized carbons (Fsp3) is 0.273. The lowest BCUT2D eigenvalue weighted by atomic mass is 10.2. The molecule has 0 unspecified atom stereocenters. The van der Waals surface area contributed by atoms with Crippen molar-refractivity contribution in [2.45, 2.75) is 19.3 Å². The molecule has 5 heteroatoms. The van der Waals surface area contributed by atoms with Crippen molar-refractivity contribution in [3.63, 3.8) is 0 Å². The zero-order chi connectivity index (χ0) is 11.4. The minimum Gasteiger partial charge on any atom is -0.395 e. The number of thiol groups is 1. The number of hydrogen-bond acceptors (Lipinski definition) is 4. The van der Waals surface area contributed by atoms with Crippen LogP contribution in [0.3, 0.4) is 0 Å². The molecule has 84 valence electrons. The Hall–Kier alpha value is -1.49. The first-order valence-corrected chi connectivity index (χ1v) is 5.44. The minimum absolute atomic E-state index is 0.306. The lowest BCUT2D eigenvalue weighted by Crippen LogP contribution is -1.98. The number of nitrogens with one attached hydrogen (secondary N) is 1. The summed E-state index contributed by atoms with van der Waals surface area (Å²) in [6.45, 7) is 0. The van der Waals surface area contributed by atoms with E-state index in [4.69, 9.17) is 0 Å². The van der Waals surface area contributed by atoms with Gasteiger partial charge in [-0.1, -0.05) is 12.1 Å². The van der Waals surface area contributed by atoms with Crippen LogP contribution in [0.15, 0.2) is 24.3 Å². The van der Waals surface area contributed by atoms with E-state index in [1.807, 2.05) is 24.3 Å². The Morgan fingerprint density at radius 2 is 2.25 bits per heavy atom. The molecule has 0 radical (unpaired) electrons. The maximum Gasteiger partial charge on any atom is 0.317 e. The van der Waals surface area contributed by atoms with E-state index in [0.717, 1.165) is 23.3 Å². The quantitative estimate of drug-likeness (QED) is 0.632. The molecule has 0 saturated carbocycles. The smallest absolute Gasteiger partial charge is 0.317 e. The third kappa shape index (κ3) is 2.55. The first kappa shape index (κ1) is 11.0. The second-order valence-electron chi connectivity index (χ2n) is 3.52. The molecule has 0 bridgehead atoms. The maximum atomic E-state index is 10.8. The van der Waals surface area contributed by atoms with Crippen molar-refractivity contribution >= 4 is 29.9 Å². The third-order valence-electron chi connectivity index (χ3n) is 2.33. The predicted octanol–water partition coefficient (Wildman–Crippen LogP) is 2.27. The van der Waals surface area contributed by atoms with Crippen LogP contribution in [0.25, 0.3) is 11.0 Å². The molecule has 2 aromatic rings. The minimum atomic E-state index is -0.306. The Kier molecular flexibility index (Phi) is 3.46. The van der Waals surface area contributed by atoms with Gasteiger partial charge >= 0.3 is 5.97 Å². The van der Waals surface area contributed by atoms with Crippen LogP contribution in [-0.2, 0) is 15.4 Å². The number of aromatic amines is 1. The Labute approximate surface area is 98.6 Å². The van der Waals surface area contributed by atoms with Crippen LogP contribution in [0.4, 0.5) is 0 Å². The molecule has 0 aliphatic carbocycles. The number of nitrogens with zero attached hydrogens (tertiary/aromatic N) is 1. The summed E-state index contributed by atoms with van der Waals surface area (Å²) >= 11 is 3.44. The molecule has 0 saturated heterocycles. The van der Waals surface area contributed by atoms with Crippen LogP contribution >= 0.6 is 12.9 Å². The third-order valence-corrected chi connectivity index (χ3v) is 2.54. The molecular formula is C11H12N2O2S. The normalized spacial score (nSPS) is 10.6. The van der Waals surface area contributed by atoms with Crippen molar-refractivity contribution in [1.82, 2.24) is 9.97 Å². The highest BCUT2D eigenvalue weighted by Gasteiger charge is 2.04. The molecule has 2 rings (SSSR count). The number of para-hydroxylation sites is 2. The van der Waals surface area contributed by atoms with E-state index in [2.05, 4.69) is 27.1 Å². The second kappa shape index (κ2) is 5.03. The molecule has 1 aromatic carbocycles. The maximum absolute atomic E-state index is 10.8. The van der Waals surface area contributed by atoms with Gasteiger partial charge in [0.15, 0.2) is 0 Å². The topological polar surface area (TPSA) is 55.0 Å². The fourth-order valence-electron chi connectivity index (χ4n) is 1.57. The molecule has 4 nitrogen and oxygen atoms in total. The van der Waals surface area contributed by atoms with Crippen molar-refractivity contribution in [2.24, 2.45) is 0 Å². The van der Waals surface area contributed by atoms with Crippen LogP contribution in [-0.4, -0.2) is 15.9 Å². The van der Waals surface area contributed by atoms with Gasteiger partial charge in [-0.2, -0.15) is 0 Å². The highest BCUT2D eigenvalue weighted by atomic mass is 32.1. The van der Waals surface area contributed by atoms with Crippen molar-refractivity contribution in [2.75, 3.05) is 0 Å². The Bertz CT molecular complexity index is 462. The largest absolute Gasteiger partial charge is 0.395 e. The number of hydrogen-bond donors (Lipinski definition) is 2. The first-order chi connectivity index (χ1) is 7.79. The average Bonchev–Trinajstić information content (AvgIpc) is 2.71. The zero-order valence-electron chi connectivity index (χ0n) is 8.64. The van der Waals surface area contributed by atoms with Crippen molar-refractivity contribution in [3.05, 3.63) is 30.1 Å². The molecule has 1 N–H and O–H groups in total. The van der Waals surface area contributed by atoms with Gasteiger partial charge in [0.2, 0.25) is 0 Å². The predicted molar refractivity (Wildman–Crippen MR) is 64.1 cm³/mol. The van der Waals surface area contributed by atoms with Gasteiger partial charge in [-0.15, -0.1) is 0 Å². The Morgan fingerprint density at radius 3 is 3.00 bits per heavy atom. The lowest BCUT2D eigenvalue weighted by Gasteiger charge is -1.95. The fourth-order valence-corrected chi connectivity index (χ4v) is 1.66. The molecular weight excluding hydrogens is 224 g/mol. The molecule has 1 aromatic heterocycles. The van der Waals surface area contributed by atoms with E-state index in [9.17, 15) is 4.79 Å². The van der Waals surface area contributed by atoms with E-state index in [1.165, 1.54) is 0 Å². The van der Waals surface area contributed by atoms with Crippen LogP contribution in [0.1, 0.15) is 18.7 Å². The number of aryl methyl sites for hydroxylation is 1. The number of benzene rings is 1. The van der Waals surface area contributed by atoms with Gasteiger partial charge in [-0.05, 0) is 18.6 Å². The van der Waals surface area contributed by atoms with E-state index < -0.39 is 0 Å². The lowest BCUT2D eigenvalue weighted by molar-refractivity contribution is -0.132. The Balaban J connectivity index is 1.97. The van der Waals surface area contributed by atoms with Crippen molar-refractivity contribution in [3.8, 4) is 0 Å². The molecule has 0 amide bonds. The number of rotatable bonds is 4. The summed E-state index contributed by atoms with van der Waals surface area (Å²) in [5, 5.41) is 0. The summed E-state index contributed by atoms with van der Waals surface area (Å²) in [5.74, 6) is 0.590. The van der Waals surface area contributed by atoms with Gasteiger partial charge in [0.1, 0.15) is 5.82 Å². The summed E-state index contributed by atoms with van der Waals surface area (Å²) in [7, 11) is 0. The number of imidazole rings is 1. The summed E-state index contributed by atoms with van der Waals surface area (Å²) in [4.78, 5) is 18.5. The summed E-state index contributed by atoms with van der Waals surface area (Å²) in [5.41, 5.74) is 1.98. The summed E-state index contributed by atoms with van der Waals surface area (Å²) in [6, 6.07) is 7.85. The zero-order valence-corrected chi connectivity index (χ0v) is 9.54. The number of carbonyl (C=O) groups excluding carboxylic acids is 1. The van der Waals surface area contributed by atoms with Crippen LogP contribution in [0.5, 0.6) is 0 Å². The van der Waals surface area contributed by atoms with E-state index in [-0.39, 0.29) is 5.97 Å². The first-order valence-electron chi connectivity index (χ1n) is 5.07. The van der Waals surface area contributed by atoms with Gasteiger partial charge in [0.25, 0.3) is 0 Å². The Morgan fingerprint density at radius 1 is 1.44 bits per heavy atom. The molecule has 0 aliphatic rings. The summed E-state index contributed by atoms with van der Waals surface area (Å²) in [6.07, 6.45) is 1.80. The van der Waals surface area contributed by atoms with E-state index in [1.54, 1.807) is 0 Å². The number of carbonyl (C=O) groups is 1. The number of fused-ring (bicyclic) bond motifs is 1. The van der Waals surface area contributed by atoms with Gasteiger partial charge < -0.3 is 9.17 Å². The second-order valence-corrected chi connectivity index (χ2v) is 3.70. The monoisotopic (exact) mass is 236 g/mol. The van der Waals surface area contributed by atoms with Crippen LogP contribution in [0.2, 0.25) is 0 Å². The van der Waals surface area contributed by atoms with Gasteiger partial charge in [0, 0.05) is 25.8 Å². The van der Waals surface area contributed by atoms with Gasteiger partial charge in [-0.3, -0.25) is 4.79 Å².